The Labute approximate surface area is 181 Å². The minimum atomic E-state index is -1.21. The maximum Gasteiger partial charge on any atom is 0.260 e. The summed E-state index contributed by atoms with van der Waals surface area (Å²) in [6, 6.07) is 3.10. The number of nitrogens with one attached hydrogen (secondary N) is 1. The van der Waals surface area contributed by atoms with Crippen molar-refractivity contribution >= 4 is 11.8 Å². The summed E-state index contributed by atoms with van der Waals surface area (Å²) in [4.78, 5) is 42.7. The number of rotatable bonds is 2. The number of hydrogen-bond acceptors (Lipinski definition) is 7. The Balaban J connectivity index is 2.16. The fraction of sp³-hybridized carbons (Fsp3) is 0.667. The van der Waals surface area contributed by atoms with Crippen molar-refractivity contribution in [2.24, 2.45) is 0 Å². The van der Waals surface area contributed by atoms with Crippen molar-refractivity contribution in [2.45, 2.75) is 44.5 Å². The van der Waals surface area contributed by atoms with Crippen molar-refractivity contribution < 1.29 is 29.3 Å². The van der Waals surface area contributed by atoms with Crippen LogP contribution in [0.4, 0.5) is 0 Å². The lowest BCUT2D eigenvalue weighted by molar-refractivity contribution is -0.136. The molecule has 2 amide bonds. The molecule has 0 aromatic carbocycles. The molecule has 1 aromatic rings. The molecule has 31 heavy (non-hydrogen) atoms. The molecule has 1 saturated heterocycles. The molecular weight excluding hydrogens is 406 g/mol. The highest BCUT2D eigenvalue weighted by Gasteiger charge is 2.29. The van der Waals surface area contributed by atoms with Crippen LogP contribution in [0.5, 0.6) is 0 Å². The lowest BCUT2D eigenvalue weighted by atomic mass is 10.1. The van der Waals surface area contributed by atoms with Gasteiger partial charge in [-0.25, -0.2) is 0 Å². The van der Waals surface area contributed by atoms with E-state index in [-0.39, 0.29) is 30.5 Å². The Morgan fingerprint density at radius 2 is 1.87 bits per heavy atom. The average molecular weight is 440 g/mol. The first kappa shape index (κ1) is 25.0. The van der Waals surface area contributed by atoms with E-state index in [0.29, 0.717) is 45.5 Å². The van der Waals surface area contributed by atoms with Crippen molar-refractivity contribution in [2.75, 3.05) is 46.5 Å². The van der Waals surface area contributed by atoms with Crippen LogP contribution in [0, 0.1) is 0 Å². The third kappa shape index (κ3) is 7.42. The van der Waals surface area contributed by atoms with Crippen molar-refractivity contribution in [3.05, 3.63) is 34.2 Å². The molecule has 0 saturated carbocycles. The normalized spacial score (nSPS) is 24.8. The van der Waals surface area contributed by atoms with Gasteiger partial charge < -0.3 is 34.5 Å². The number of aliphatic hydroxyl groups is 2. The van der Waals surface area contributed by atoms with Gasteiger partial charge in [0.2, 0.25) is 5.91 Å². The van der Waals surface area contributed by atoms with Crippen molar-refractivity contribution in [3.63, 3.8) is 0 Å². The molecule has 0 unspecified atom stereocenters. The van der Waals surface area contributed by atoms with Crippen LogP contribution in [0.1, 0.15) is 36.5 Å². The lowest BCUT2D eigenvalue weighted by Crippen LogP contribution is -2.48. The second-order valence-electron chi connectivity index (χ2n) is 7.64. The van der Waals surface area contributed by atoms with Crippen LogP contribution in [0.15, 0.2) is 23.1 Å². The van der Waals surface area contributed by atoms with Gasteiger partial charge in [0.05, 0.1) is 6.61 Å². The molecule has 0 spiro atoms. The third-order valence-corrected chi connectivity index (χ3v) is 5.37. The van der Waals surface area contributed by atoms with E-state index in [1.807, 2.05) is 0 Å². The predicted molar refractivity (Wildman–Crippen MR) is 113 cm³/mol. The number of carbonyl (C=O) groups is 2. The van der Waals surface area contributed by atoms with Gasteiger partial charge in [0.25, 0.3) is 11.5 Å². The van der Waals surface area contributed by atoms with E-state index in [4.69, 9.17) is 9.47 Å². The second kappa shape index (κ2) is 12.6. The molecule has 0 radical (unpaired) electrons. The molecular formula is C21H33N3O7. The number of aliphatic hydroxyl groups excluding tert-OH is 2. The van der Waals surface area contributed by atoms with Gasteiger partial charge in [-0.15, -0.1) is 0 Å². The van der Waals surface area contributed by atoms with Gasteiger partial charge >= 0.3 is 0 Å². The summed E-state index contributed by atoms with van der Waals surface area (Å²) in [6.45, 7) is 2.93. The minimum absolute atomic E-state index is 0.0663. The fourth-order valence-corrected chi connectivity index (χ4v) is 3.50. The van der Waals surface area contributed by atoms with E-state index in [1.165, 1.54) is 31.2 Å². The number of carbonyl (C=O) groups excluding carboxylic acids is 2. The van der Waals surface area contributed by atoms with Gasteiger partial charge in [0.15, 0.2) is 0 Å². The highest BCUT2D eigenvalue weighted by atomic mass is 16.5. The number of amides is 2. The van der Waals surface area contributed by atoms with Crippen LogP contribution in [0.25, 0.3) is 0 Å². The maximum absolute atomic E-state index is 12.9. The van der Waals surface area contributed by atoms with Crippen LogP contribution in [0.3, 0.4) is 0 Å². The Morgan fingerprint density at radius 1 is 1.16 bits per heavy atom. The Kier molecular flexibility index (Phi) is 10.1. The zero-order chi connectivity index (χ0) is 22.8. The van der Waals surface area contributed by atoms with Crippen LogP contribution < -0.4 is 5.56 Å². The molecule has 1 fully saturated rings. The number of pyridine rings is 1. The first-order valence-electron chi connectivity index (χ1n) is 10.5. The number of aromatic nitrogens is 1. The van der Waals surface area contributed by atoms with Gasteiger partial charge in [-0.2, -0.15) is 0 Å². The monoisotopic (exact) mass is 439 g/mol. The lowest BCUT2D eigenvalue weighted by Gasteiger charge is -2.31. The summed E-state index contributed by atoms with van der Waals surface area (Å²) < 4.78 is 10.8. The summed E-state index contributed by atoms with van der Waals surface area (Å²) >= 11 is 0. The fourth-order valence-electron chi connectivity index (χ4n) is 3.50. The zero-order valence-electron chi connectivity index (χ0n) is 18.2. The highest BCUT2D eigenvalue weighted by Crippen LogP contribution is 2.11. The van der Waals surface area contributed by atoms with E-state index in [9.17, 15) is 24.6 Å². The minimum Gasteiger partial charge on any atom is -0.388 e. The van der Waals surface area contributed by atoms with Gasteiger partial charge in [-0.1, -0.05) is 0 Å². The molecule has 3 N–H and O–H groups in total. The van der Waals surface area contributed by atoms with Crippen LogP contribution in [0.2, 0.25) is 0 Å². The Bertz CT molecular complexity index is 769. The van der Waals surface area contributed by atoms with Crippen LogP contribution >= 0.6 is 0 Å². The summed E-state index contributed by atoms with van der Waals surface area (Å²) in [5.74, 6) is -0.566. The van der Waals surface area contributed by atoms with Crippen molar-refractivity contribution in [3.8, 4) is 0 Å². The quantitative estimate of drug-likeness (QED) is 0.571. The third-order valence-electron chi connectivity index (χ3n) is 5.37. The molecule has 3 atom stereocenters. The van der Waals surface area contributed by atoms with E-state index in [0.717, 1.165) is 0 Å². The number of ether oxygens (including phenoxy) is 2. The van der Waals surface area contributed by atoms with Crippen molar-refractivity contribution in [1.29, 1.82) is 0 Å². The average Bonchev–Trinajstić information content (AvgIpc) is 2.75. The summed E-state index contributed by atoms with van der Waals surface area (Å²) in [5, 5.41) is 20.6. The number of hydrogen-bond donors (Lipinski definition) is 3. The molecule has 2 rings (SSSR count). The summed E-state index contributed by atoms with van der Waals surface area (Å²) in [5.41, 5.74) is -0.367. The molecule has 2 heterocycles. The molecule has 0 bridgehead atoms. The first-order valence-corrected chi connectivity index (χ1v) is 10.5. The number of aromatic amines is 1. The van der Waals surface area contributed by atoms with E-state index >= 15 is 0 Å². The molecule has 10 heteroatoms. The number of nitrogens with zero attached hydrogens (tertiary/aromatic N) is 2. The molecule has 1 aliphatic rings. The first-order chi connectivity index (χ1) is 14.8. The number of H-pyrrole nitrogens is 1. The smallest absolute Gasteiger partial charge is 0.260 e. The van der Waals surface area contributed by atoms with E-state index in [2.05, 4.69) is 4.98 Å². The SMILES string of the molecule is CO[C@H]1CN(C(C)=O)CCCN(C(=O)c2ccc[nH]c2=O)CCCCOC[C@H](O)[C@@H]1O. The van der Waals surface area contributed by atoms with Gasteiger partial charge in [-0.3, -0.25) is 14.4 Å². The topological polar surface area (TPSA) is 132 Å². The largest absolute Gasteiger partial charge is 0.388 e. The van der Waals surface area contributed by atoms with E-state index in [1.54, 1.807) is 11.0 Å². The summed E-state index contributed by atoms with van der Waals surface area (Å²) in [7, 11) is 1.41. The van der Waals surface area contributed by atoms with Gasteiger partial charge in [-0.05, 0) is 31.4 Å². The van der Waals surface area contributed by atoms with E-state index < -0.39 is 23.9 Å². The zero-order valence-corrected chi connectivity index (χ0v) is 18.2. The van der Waals surface area contributed by atoms with Crippen LogP contribution in [-0.2, 0) is 14.3 Å². The molecule has 1 aliphatic heterocycles. The molecule has 1 aromatic heterocycles. The predicted octanol–water partition coefficient (Wildman–Crippen LogP) is -0.397. The highest BCUT2D eigenvalue weighted by molar-refractivity contribution is 5.93. The molecule has 0 aliphatic carbocycles. The second-order valence-corrected chi connectivity index (χ2v) is 7.64. The van der Waals surface area contributed by atoms with Crippen molar-refractivity contribution in [1.82, 2.24) is 14.8 Å². The van der Waals surface area contributed by atoms with Gasteiger partial charge in [0, 0.05) is 53.0 Å². The Hall–Kier alpha value is -2.27. The molecule has 10 nitrogen and oxygen atoms in total. The maximum atomic E-state index is 12.9. The molecule has 174 valence electrons. The number of methoxy groups -OCH3 is 1. The summed E-state index contributed by atoms with van der Waals surface area (Å²) in [6.07, 6.45) is 0.112. The standard InChI is InChI=1S/C21H33N3O7/c1-15(25)24-11-6-10-23(21(29)16-7-5-8-22-20(16)28)9-3-4-12-31-14-17(26)19(27)18(13-24)30-2/h5,7-8,17-19,26-27H,3-4,6,9-14H2,1-2H3,(H,22,28)/t17-,18-,19-/m0/s1. The Morgan fingerprint density at radius 3 is 2.55 bits per heavy atom. The van der Waals surface area contributed by atoms with Gasteiger partial charge in [0.1, 0.15) is 23.9 Å². The van der Waals surface area contributed by atoms with Crippen LogP contribution in [-0.4, -0.2) is 102 Å².